The summed E-state index contributed by atoms with van der Waals surface area (Å²) in [5.74, 6) is 1.07. The topological polar surface area (TPSA) is 39.6 Å². The predicted octanol–water partition coefficient (Wildman–Crippen LogP) is 2.26. The van der Waals surface area contributed by atoms with Gasteiger partial charge in [0.15, 0.2) is 0 Å². The number of fused-ring (bicyclic) bond motifs is 1. The molecule has 0 radical (unpaired) electrons. The molecule has 1 aliphatic rings. The van der Waals surface area contributed by atoms with Crippen LogP contribution in [0.15, 0.2) is 11.1 Å². The SMILES string of the molecule is N#Cc1c2c(c[nH]c1=S)CCS2. The summed E-state index contributed by atoms with van der Waals surface area (Å²) in [7, 11) is 0. The number of hydrogen-bond donors (Lipinski definition) is 1. The van der Waals surface area contributed by atoms with Crippen molar-refractivity contribution in [1.29, 1.82) is 5.26 Å². The van der Waals surface area contributed by atoms with Gasteiger partial charge in [-0.25, -0.2) is 0 Å². The van der Waals surface area contributed by atoms with Crippen molar-refractivity contribution in [3.63, 3.8) is 0 Å². The van der Waals surface area contributed by atoms with E-state index in [9.17, 15) is 0 Å². The van der Waals surface area contributed by atoms with Crippen molar-refractivity contribution >= 4 is 24.0 Å². The minimum absolute atomic E-state index is 0.561. The highest BCUT2D eigenvalue weighted by molar-refractivity contribution is 7.99. The van der Waals surface area contributed by atoms with Crippen LogP contribution in [0, 0.1) is 16.0 Å². The lowest BCUT2D eigenvalue weighted by Gasteiger charge is -1.98. The third-order valence-corrected chi connectivity index (χ3v) is 3.34. The molecular formula is C8H6N2S2. The molecule has 0 fully saturated rings. The number of nitrogens with one attached hydrogen (secondary N) is 1. The molecule has 2 rings (SSSR count). The Kier molecular flexibility index (Phi) is 1.91. The lowest BCUT2D eigenvalue weighted by Crippen LogP contribution is -1.88. The van der Waals surface area contributed by atoms with Gasteiger partial charge in [-0.15, -0.1) is 11.8 Å². The van der Waals surface area contributed by atoms with Crippen LogP contribution < -0.4 is 0 Å². The largest absolute Gasteiger partial charge is 0.351 e. The first-order chi connectivity index (χ1) is 5.83. The van der Waals surface area contributed by atoms with E-state index in [4.69, 9.17) is 17.5 Å². The van der Waals surface area contributed by atoms with Crippen molar-refractivity contribution in [1.82, 2.24) is 4.98 Å². The van der Waals surface area contributed by atoms with Crippen molar-refractivity contribution in [2.75, 3.05) is 5.75 Å². The molecule has 1 N–H and O–H groups in total. The molecular weight excluding hydrogens is 188 g/mol. The van der Waals surface area contributed by atoms with Gasteiger partial charge in [0.1, 0.15) is 16.3 Å². The van der Waals surface area contributed by atoms with Crippen molar-refractivity contribution in [3.05, 3.63) is 22.0 Å². The van der Waals surface area contributed by atoms with Gasteiger partial charge < -0.3 is 4.98 Å². The molecule has 0 spiro atoms. The maximum atomic E-state index is 8.83. The van der Waals surface area contributed by atoms with Crippen LogP contribution in [0.25, 0.3) is 0 Å². The normalized spacial score (nSPS) is 13.9. The molecule has 0 bridgehead atoms. The third kappa shape index (κ3) is 1.06. The number of thioether (sulfide) groups is 1. The molecule has 60 valence electrons. The number of nitrogens with zero attached hydrogens (tertiary/aromatic N) is 1. The van der Waals surface area contributed by atoms with Crippen molar-refractivity contribution in [2.45, 2.75) is 11.3 Å². The molecule has 0 unspecified atom stereocenters. The van der Waals surface area contributed by atoms with Crippen LogP contribution in [-0.4, -0.2) is 10.7 Å². The zero-order chi connectivity index (χ0) is 8.55. The van der Waals surface area contributed by atoms with Crippen LogP contribution >= 0.6 is 24.0 Å². The van der Waals surface area contributed by atoms with Gasteiger partial charge in [-0.2, -0.15) is 5.26 Å². The first-order valence-corrected chi connectivity index (χ1v) is 5.00. The molecule has 0 amide bonds. The molecule has 0 aliphatic carbocycles. The van der Waals surface area contributed by atoms with Gasteiger partial charge in [-0.1, -0.05) is 12.2 Å². The maximum Gasteiger partial charge on any atom is 0.122 e. The number of nitriles is 1. The fourth-order valence-corrected chi connectivity index (χ4v) is 2.70. The maximum absolute atomic E-state index is 8.83. The van der Waals surface area contributed by atoms with E-state index < -0.39 is 0 Å². The fourth-order valence-electron chi connectivity index (χ4n) is 1.27. The van der Waals surface area contributed by atoms with Crippen LogP contribution in [0.3, 0.4) is 0 Å². The third-order valence-electron chi connectivity index (χ3n) is 1.85. The van der Waals surface area contributed by atoms with Gasteiger partial charge in [0.05, 0.1) is 0 Å². The van der Waals surface area contributed by atoms with Crippen LogP contribution in [0.2, 0.25) is 0 Å². The van der Waals surface area contributed by atoms with Gasteiger partial charge >= 0.3 is 0 Å². The average Bonchev–Trinajstić information content (AvgIpc) is 2.52. The molecule has 1 aliphatic heterocycles. The second-order valence-corrected chi connectivity index (χ2v) is 4.07. The highest BCUT2D eigenvalue weighted by Crippen LogP contribution is 2.33. The van der Waals surface area contributed by atoms with Crippen LogP contribution in [-0.2, 0) is 6.42 Å². The predicted molar refractivity (Wildman–Crippen MR) is 50.8 cm³/mol. The Hall–Kier alpha value is -0.790. The van der Waals surface area contributed by atoms with Gasteiger partial charge in [-0.05, 0) is 12.0 Å². The zero-order valence-electron chi connectivity index (χ0n) is 6.26. The lowest BCUT2D eigenvalue weighted by atomic mass is 10.2. The Morgan fingerprint density at radius 3 is 3.25 bits per heavy atom. The summed E-state index contributed by atoms with van der Waals surface area (Å²) in [5.41, 5.74) is 1.87. The van der Waals surface area contributed by atoms with E-state index in [2.05, 4.69) is 11.1 Å². The fraction of sp³-hybridized carbons (Fsp3) is 0.250. The molecule has 12 heavy (non-hydrogen) atoms. The summed E-state index contributed by atoms with van der Waals surface area (Å²) in [6, 6.07) is 2.14. The van der Waals surface area contributed by atoms with Crippen molar-refractivity contribution in [3.8, 4) is 6.07 Å². The molecule has 2 heterocycles. The minimum atomic E-state index is 0.561. The van der Waals surface area contributed by atoms with Gasteiger partial charge in [-0.3, -0.25) is 0 Å². The summed E-state index contributed by atoms with van der Waals surface area (Å²) < 4.78 is 0.561. The Bertz CT molecular complexity index is 414. The first-order valence-electron chi connectivity index (χ1n) is 3.60. The second-order valence-electron chi connectivity index (χ2n) is 2.56. The van der Waals surface area contributed by atoms with Crippen molar-refractivity contribution in [2.24, 2.45) is 0 Å². The first kappa shape index (κ1) is 7.84. The molecule has 4 heteroatoms. The standard InChI is InChI=1S/C8H6N2S2/c9-3-6-7-5(1-2-12-7)4-10-8(6)11/h4H,1-2H2,(H,10,11). The van der Waals surface area contributed by atoms with E-state index in [1.54, 1.807) is 11.8 Å². The van der Waals surface area contributed by atoms with E-state index in [1.165, 1.54) is 5.56 Å². The summed E-state index contributed by atoms with van der Waals surface area (Å²) >= 11 is 6.73. The van der Waals surface area contributed by atoms with Gasteiger partial charge in [0, 0.05) is 16.8 Å². The molecule has 0 saturated carbocycles. The number of hydrogen-bond acceptors (Lipinski definition) is 3. The number of pyridine rings is 1. The van der Waals surface area contributed by atoms with Gasteiger partial charge in [0.25, 0.3) is 0 Å². The quantitative estimate of drug-likeness (QED) is 0.644. The van der Waals surface area contributed by atoms with Crippen molar-refractivity contribution < 1.29 is 0 Å². The molecule has 1 aromatic rings. The summed E-state index contributed by atoms with van der Waals surface area (Å²) in [4.78, 5) is 4.01. The average molecular weight is 194 g/mol. The molecule has 0 saturated heterocycles. The van der Waals surface area contributed by atoms with E-state index >= 15 is 0 Å². The monoisotopic (exact) mass is 194 g/mol. The van der Waals surface area contributed by atoms with E-state index in [-0.39, 0.29) is 0 Å². The minimum Gasteiger partial charge on any atom is -0.351 e. The second kappa shape index (κ2) is 2.92. The highest BCUT2D eigenvalue weighted by atomic mass is 32.2. The Balaban J connectivity index is 2.76. The van der Waals surface area contributed by atoms with Crippen LogP contribution in [0.4, 0.5) is 0 Å². The number of aromatic nitrogens is 1. The lowest BCUT2D eigenvalue weighted by molar-refractivity contribution is 1.08. The van der Waals surface area contributed by atoms with E-state index in [0.29, 0.717) is 10.2 Å². The number of aryl methyl sites for hydroxylation is 1. The van der Waals surface area contributed by atoms with Gasteiger partial charge in [0.2, 0.25) is 0 Å². The molecule has 1 aromatic heterocycles. The van der Waals surface area contributed by atoms with E-state index in [1.807, 2.05) is 6.20 Å². The summed E-state index contributed by atoms with van der Waals surface area (Å²) in [6.07, 6.45) is 2.96. The number of aromatic amines is 1. The Morgan fingerprint density at radius 2 is 2.50 bits per heavy atom. The molecule has 0 atom stereocenters. The number of H-pyrrole nitrogens is 1. The Labute approximate surface area is 79.6 Å². The number of rotatable bonds is 0. The van der Waals surface area contributed by atoms with Crippen LogP contribution in [0.1, 0.15) is 11.1 Å². The zero-order valence-corrected chi connectivity index (χ0v) is 7.89. The Morgan fingerprint density at radius 1 is 1.67 bits per heavy atom. The van der Waals surface area contributed by atoms with E-state index in [0.717, 1.165) is 17.1 Å². The molecule has 2 nitrogen and oxygen atoms in total. The summed E-state index contributed by atoms with van der Waals surface area (Å²) in [5, 5.41) is 8.83. The van der Waals surface area contributed by atoms with Crippen LogP contribution in [0.5, 0.6) is 0 Å². The highest BCUT2D eigenvalue weighted by Gasteiger charge is 2.16. The summed E-state index contributed by atoms with van der Waals surface area (Å²) in [6.45, 7) is 0. The smallest absolute Gasteiger partial charge is 0.122 e. The molecule has 0 aromatic carbocycles.